The van der Waals surface area contributed by atoms with Gasteiger partial charge in [-0.1, -0.05) is 12.1 Å². The molecule has 1 aromatic heterocycles. The highest BCUT2D eigenvalue weighted by Gasteiger charge is 2.20. The van der Waals surface area contributed by atoms with Crippen LogP contribution in [0.25, 0.3) is 11.0 Å². The standard InChI is InChI=1S/C14H16N2O3/c1-4-18-14(17)13-12(15-9-16(2)3)10-7-5-6-8-11(10)19-13/h5-9H,4H2,1-3H3/b15-9+. The van der Waals surface area contributed by atoms with Crippen LogP contribution < -0.4 is 0 Å². The molecular formula is C14H16N2O3. The zero-order chi connectivity index (χ0) is 13.8. The molecule has 0 saturated carbocycles. The topological polar surface area (TPSA) is 55.0 Å². The van der Waals surface area contributed by atoms with Crippen LogP contribution in [-0.4, -0.2) is 37.9 Å². The van der Waals surface area contributed by atoms with Crippen LogP contribution in [0.2, 0.25) is 0 Å². The van der Waals surface area contributed by atoms with Gasteiger partial charge in [-0.25, -0.2) is 9.79 Å². The van der Waals surface area contributed by atoms with Crippen LogP contribution in [0, 0.1) is 0 Å². The maximum absolute atomic E-state index is 11.9. The van der Waals surface area contributed by atoms with Gasteiger partial charge in [0.2, 0.25) is 5.76 Å². The summed E-state index contributed by atoms with van der Waals surface area (Å²) in [5.74, 6) is -0.356. The van der Waals surface area contributed by atoms with Crippen molar-refractivity contribution >= 4 is 29.0 Å². The minimum absolute atomic E-state index is 0.140. The van der Waals surface area contributed by atoms with E-state index in [1.165, 1.54) is 0 Å². The number of nitrogens with zero attached hydrogens (tertiary/aromatic N) is 2. The molecule has 19 heavy (non-hydrogen) atoms. The number of rotatable bonds is 4. The van der Waals surface area contributed by atoms with Gasteiger partial charge in [-0.3, -0.25) is 0 Å². The number of benzene rings is 1. The summed E-state index contributed by atoms with van der Waals surface area (Å²) in [6, 6.07) is 7.39. The van der Waals surface area contributed by atoms with E-state index in [0.29, 0.717) is 17.9 Å². The second kappa shape index (κ2) is 5.56. The summed E-state index contributed by atoms with van der Waals surface area (Å²) < 4.78 is 10.5. The van der Waals surface area contributed by atoms with Crippen molar-refractivity contribution in [2.24, 2.45) is 4.99 Å². The summed E-state index contributed by atoms with van der Waals surface area (Å²) in [5.41, 5.74) is 1.12. The Morgan fingerprint density at radius 3 is 2.84 bits per heavy atom. The molecule has 100 valence electrons. The summed E-state index contributed by atoms with van der Waals surface area (Å²) in [5, 5.41) is 0.795. The van der Waals surface area contributed by atoms with Gasteiger partial charge in [-0.05, 0) is 19.1 Å². The molecule has 0 atom stereocenters. The molecular weight excluding hydrogens is 244 g/mol. The van der Waals surface area contributed by atoms with E-state index in [4.69, 9.17) is 9.15 Å². The Kier molecular flexibility index (Phi) is 3.85. The molecule has 2 rings (SSSR count). The number of furan rings is 1. The number of esters is 1. The number of hydrogen-bond acceptors (Lipinski definition) is 4. The lowest BCUT2D eigenvalue weighted by molar-refractivity contribution is 0.0494. The van der Waals surface area contributed by atoms with Crippen molar-refractivity contribution in [3.63, 3.8) is 0 Å². The molecule has 0 saturated heterocycles. The molecule has 0 spiro atoms. The number of aliphatic imine (C=N–C) groups is 1. The molecule has 0 radical (unpaired) electrons. The van der Waals surface area contributed by atoms with Crippen molar-refractivity contribution in [1.82, 2.24) is 4.90 Å². The number of hydrogen-bond donors (Lipinski definition) is 0. The molecule has 0 amide bonds. The van der Waals surface area contributed by atoms with Gasteiger partial charge in [0.25, 0.3) is 0 Å². The van der Waals surface area contributed by atoms with Crippen molar-refractivity contribution in [3.05, 3.63) is 30.0 Å². The van der Waals surface area contributed by atoms with Gasteiger partial charge in [0, 0.05) is 19.5 Å². The molecule has 5 heteroatoms. The fraction of sp³-hybridized carbons (Fsp3) is 0.286. The van der Waals surface area contributed by atoms with Crippen LogP contribution in [0.15, 0.2) is 33.7 Å². The third-order valence-corrected chi connectivity index (χ3v) is 2.45. The minimum Gasteiger partial charge on any atom is -0.460 e. The van der Waals surface area contributed by atoms with E-state index in [-0.39, 0.29) is 5.76 Å². The number of carbonyl (C=O) groups excluding carboxylic acids is 1. The fourth-order valence-electron chi connectivity index (χ4n) is 1.67. The van der Waals surface area contributed by atoms with Crippen molar-refractivity contribution in [2.75, 3.05) is 20.7 Å². The third kappa shape index (κ3) is 2.76. The summed E-state index contributed by atoms with van der Waals surface area (Å²) in [6.45, 7) is 2.05. The van der Waals surface area contributed by atoms with E-state index in [1.807, 2.05) is 32.3 Å². The molecule has 1 heterocycles. The van der Waals surface area contributed by atoms with Crippen LogP contribution >= 0.6 is 0 Å². The second-order valence-corrected chi connectivity index (χ2v) is 4.20. The average molecular weight is 260 g/mol. The Morgan fingerprint density at radius 2 is 2.16 bits per heavy atom. The van der Waals surface area contributed by atoms with Gasteiger partial charge in [0.05, 0.1) is 12.9 Å². The number of ether oxygens (including phenoxy) is 1. The van der Waals surface area contributed by atoms with E-state index < -0.39 is 5.97 Å². The average Bonchev–Trinajstić information content (AvgIpc) is 2.75. The van der Waals surface area contributed by atoms with Crippen LogP contribution in [0.5, 0.6) is 0 Å². The Hall–Kier alpha value is -2.30. The summed E-state index contributed by atoms with van der Waals surface area (Å²) in [6.07, 6.45) is 1.63. The molecule has 0 fully saturated rings. The highest BCUT2D eigenvalue weighted by molar-refractivity contribution is 6.03. The van der Waals surface area contributed by atoms with Crippen molar-refractivity contribution in [1.29, 1.82) is 0 Å². The molecule has 0 aliphatic carbocycles. The quantitative estimate of drug-likeness (QED) is 0.482. The predicted molar refractivity (Wildman–Crippen MR) is 74.0 cm³/mol. The van der Waals surface area contributed by atoms with Crippen LogP contribution in [0.1, 0.15) is 17.5 Å². The number of para-hydroxylation sites is 1. The first-order valence-corrected chi connectivity index (χ1v) is 6.02. The van der Waals surface area contributed by atoms with E-state index in [1.54, 1.807) is 24.2 Å². The normalized spacial score (nSPS) is 11.1. The molecule has 0 unspecified atom stereocenters. The Balaban J connectivity index is 2.55. The van der Waals surface area contributed by atoms with Gasteiger partial charge < -0.3 is 14.1 Å². The smallest absolute Gasteiger partial charge is 0.376 e. The molecule has 0 bridgehead atoms. The minimum atomic E-state index is -0.496. The van der Waals surface area contributed by atoms with E-state index in [2.05, 4.69) is 4.99 Å². The SMILES string of the molecule is CCOC(=O)c1oc2ccccc2c1/N=C/N(C)C. The maximum Gasteiger partial charge on any atom is 0.376 e. The van der Waals surface area contributed by atoms with Gasteiger partial charge in [0.1, 0.15) is 11.3 Å². The molecule has 0 N–H and O–H groups in total. The monoisotopic (exact) mass is 260 g/mol. The molecule has 0 aliphatic heterocycles. The molecule has 5 nitrogen and oxygen atoms in total. The Labute approximate surface area is 111 Å². The van der Waals surface area contributed by atoms with Gasteiger partial charge in [0.15, 0.2) is 0 Å². The Bertz CT molecular complexity index is 614. The highest BCUT2D eigenvalue weighted by Crippen LogP contribution is 2.33. The lowest BCUT2D eigenvalue weighted by Crippen LogP contribution is -2.08. The third-order valence-electron chi connectivity index (χ3n) is 2.45. The Morgan fingerprint density at radius 1 is 1.42 bits per heavy atom. The van der Waals surface area contributed by atoms with Crippen LogP contribution in [-0.2, 0) is 4.74 Å². The highest BCUT2D eigenvalue weighted by atomic mass is 16.5. The van der Waals surface area contributed by atoms with E-state index in [9.17, 15) is 4.79 Å². The van der Waals surface area contributed by atoms with E-state index in [0.717, 1.165) is 5.39 Å². The second-order valence-electron chi connectivity index (χ2n) is 4.20. The largest absolute Gasteiger partial charge is 0.460 e. The predicted octanol–water partition coefficient (Wildman–Crippen LogP) is 2.83. The number of fused-ring (bicyclic) bond motifs is 1. The van der Waals surface area contributed by atoms with Crippen molar-refractivity contribution < 1.29 is 13.9 Å². The lowest BCUT2D eigenvalue weighted by atomic mass is 10.2. The van der Waals surface area contributed by atoms with Crippen LogP contribution in [0.4, 0.5) is 5.69 Å². The van der Waals surface area contributed by atoms with Gasteiger partial charge in [-0.2, -0.15) is 0 Å². The van der Waals surface area contributed by atoms with Gasteiger partial charge in [-0.15, -0.1) is 0 Å². The first kappa shape index (κ1) is 13.1. The molecule has 2 aromatic rings. The first-order valence-electron chi connectivity index (χ1n) is 6.02. The zero-order valence-corrected chi connectivity index (χ0v) is 11.2. The fourth-order valence-corrected chi connectivity index (χ4v) is 1.67. The number of carbonyl (C=O) groups is 1. The summed E-state index contributed by atoms with van der Waals surface area (Å²) in [7, 11) is 3.71. The van der Waals surface area contributed by atoms with E-state index >= 15 is 0 Å². The molecule has 1 aromatic carbocycles. The van der Waals surface area contributed by atoms with Crippen molar-refractivity contribution in [2.45, 2.75) is 6.92 Å². The zero-order valence-electron chi connectivity index (χ0n) is 11.2. The first-order chi connectivity index (χ1) is 9.13. The lowest BCUT2D eigenvalue weighted by Gasteiger charge is -2.02. The van der Waals surface area contributed by atoms with Crippen LogP contribution in [0.3, 0.4) is 0 Å². The molecule has 0 aliphatic rings. The summed E-state index contributed by atoms with van der Waals surface area (Å²) in [4.78, 5) is 18.0. The summed E-state index contributed by atoms with van der Waals surface area (Å²) >= 11 is 0. The van der Waals surface area contributed by atoms with Gasteiger partial charge >= 0.3 is 5.97 Å². The van der Waals surface area contributed by atoms with Crippen molar-refractivity contribution in [3.8, 4) is 0 Å². The maximum atomic E-state index is 11.9.